The van der Waals surface area contributed by atoms with Gasteiger partial charge in [-0.2, -0.15) is 0 Å². The Morgan fingerprint density at radius 1 is 0.955 bits per heavy atom. The second-order valence-electron chi connectivity index (χ2n) is 5.21. The Bertz CT molecular complexity index is 686. The number of rotatable bonds is 6. The third-order valence-corrected chi connectivity index (χ3v) is 3.74. The Labute approximate surface area is 129 Å². The van der Waals surface area contributed by atoms with Crippen LogP contribution in [-0.4, -0.2) is 31.4 Å². The lowest BCUT2D eigenvalue weighted by atomic mass is 10.0. The van der Waals surface area contributed by atoms with Gasteiger partial charge >= 0.3 is 0 Å². The summed E-state index contributed by atoms with van der Waals surface area (Å²) in [5, 5.41) is 10.4. The molecular formula is C17H20N2O3. The van der Waals surface area contributed by atoms with E-state index in [0.29, 0.717) is 38.5 Å². The second kappa shape index (κ2) is 6.25. The Kier molecular flexibility index (Phi) is 4.18. The van der Waals surface area contributed by atoms with Crippen molar-refractivity contribution < 1.29 is 14.6 Å². The predicted octanol–water partition coefficient (Wildman–Crippen LogP) is 1.64. The van der Waals surface area contributed by atoms with Crippen LogP contribution in [-0.2, 0) is 6.42 Å². The first-order valence-electron chi connectivity index (χ1n) is 7.38. The van der Waals surface area contributed by atoms with E-state index in [2.05, 4.69) is 0 Å². The maximum atomic E-state index is 10.4. The molecular weight excluding hydrogens is 280 g/mol. The molecule has 0 aromatic heterocycles. The van der Waals surface area contributed by atoms with E-state index in [9.17, 15) is 5.11 Å². The molecule has 0 bridgehead atoms. The van der Waals surface area contributed by atoms with Gasteiger partial charge in [-0.3, -0.25) is 0 Å². The van der Waals surface area contributed by atoms with Crippen LogP contribution in [0.2, 0.25) is 0 Å². The average Bonchev–Trinajstić information content (AvgIpc) is 2.91. The maximum absolute atomic E-state index is 10.4. The smallest absolute Gasteiger partial charge is 0.161 e. The molecule has 0 aliphatic heterocycles. The first-order valence-corrected chi connectivity index (χ1v) is 7.38. The fraction of sp³-hybridized carbons (Fsp3) is 0.294. The van der Waals surface area contributed by atoms with Gasteiger partial charge in [0.2, 0.25) is 0 Å². The molecule has 22 heavy (non-hydrogen) atoms. The van der Waals surface area contributed by atoms with Crippen molar-refractivity contribution in [3.63, 3.8) is 0 Å². The molecule has 5 nitrogen and oxygen atoms in total. The van der Waals surface area contributed by atoms with E-state index in [1.165, 1.54) is 0 Å². The van der Waals surface area contributed by atoms with Crippen LogP contribution in [0.5, 0.6) is 17.2 Å². The second-order valence-corrected chi connectivity index (χ2v) is 5.21. The van der Waals surface area contributed by atoms with Crippen molar-refractivity contribution in [3.8, 4) is 28.4 Å². The van der Waals surface area contributed by atoms with Gasteiger partial charge in [0.1, 0.15) is 19.0 Å². The third-order valence-electron chi connectivity index (χ3n) is 3.74. The number of benzene rings is 2. The Morgan fingerprint density at radius 3 is 2.45 bits per heavy atom. The molecule has 0 unspecified atom stereocenters. The molecule has 1 aliphatic rings. The Hall–Kier alpha value is -2.24. The summed E-state index contributed by atoms with van der Waals surface area (Å²) in [5.41, 5.74) is 15.1. The van der Waals surface area contributed by atoms with Gasteiger partial charge in [-0.25, -0.2) is 0 Å². The highest BCUT2D eigenvalue weighted by Gasteiger charge is 2.24. The van der Waals surface area contributed by atoms with Crippen molar-refractivity contribution in [2.75, 3.05) is 26.3 Å². The summed E-state index contributed by atoms with van der Waals surface area (Å²) < 4.78 is 11.0. The van der Waals surface area contributed by atoms with Crippen molar-refractivity contribution in [1.29, 1.82) is 0 Å². The fourth-order valence-electron chi connectivity index (χ4n) is 2.77. The van der Waals surface area contributed by atoms with E-state index in [-0.39, 0.29) is 5.75 Å². The lowest BCUT2D eigenvalue weighted by molar-refractivity contribution is 0.307. The van der Waals surface area contributed by atoms with E-state index in [0.717, 1.165) is 28.0 Å². The molecule has 0 amide bonds. The SMILES string of the molecule is NCCOc1ccc2c(c1)Cc1c-2ccc(OCCN)c1O. The molecule has 116 valence electrons. The zero-order chi connectivity index (χ0) is 15.5. The van der Waals surface area contributed by atoms with Gasteiger partial charge < -0.3 is 26.0 Å². The van der Waals surface area contributed by atoms with Crippen LogP contribution in [0.1, 0.15) is 11.1 Å². The van der Waals surface area contributed by atoms with Crippen molar-refractivity contribution >= 4 is 0 Å². The Balaban J connectivity index is 1.90. The van der Waals surface area contributed by atoms with Gasteiger partial charge in [0.05, 0.1) is 0 Å². The summed E-state index contributed by atoms with van der Waals surface area (Å²) in [6.45, 7) is 1.78. The summed E-state index contributed by atoms with van der Waals surface area (Å²) in [6.07, 6.45) is 0.663. The Morgan fingerprint density at radius 2 is 1.68 bits per heavy atom. The van der Waals surface area contributed by atoms with Gasteiger partial charge in [-0.15, -0.1) is 0 Å². The zero-order valence-electron chi connectivity index (χ0n) is 12.3. The summed E-state index contributed by atoms with van der Waals surface area (Å²) in [4.78, 5) is 0. The first-order chi connectivity index (χ1) is 10.7. The highest BCUT2D eigenvalue weighted by atomic mass is 16.5. The predicted molar refractivity (Wildman–Crippen MR) is 85.4 cm³/mol. The molecule has 2 aromatic carbocycles. The van der Waals surface area contributed by atoms with E-state index < -0.39 is 0 Å². The van der Waals surface area contributed by atoms with E-state index in [4.69, 9.17) is 20.9 Å². The minimum absolute atomic E-state index is 0.201. The number of nitrogens with two attached hydrogens (primary N) is 2. The molecule has 0 spiro atoms. The summed E-state index contributed by atoms with van der Waals surface area (Å²) >= 11 is 0. The van der Waals surface area contributed by atoms with Gasteiger partial charge in [0, 0.05) is 25.1 Å². The van der Waals surface area contributed by atoms with Crippen LogP contribution in [0, 0.1) is 0 Å². The van der Waals surface area contributed by atoms with Gasteiger partial charge in [-0.05, 0) is 34.9 Å². The maximum Gasteiger partial charge on any atom is 0.161 e. The van der Waals surface area contributed by atoms with Gasteiger partial charge in [-0.1, -0.05) is 12.1 Å². The van der Waals surface area contributed by atoms with E-state index in [1.807, 2.05) is 24.3 Å². The van der Waals surface area contributed by atoms with Crippen LogP contribution in [0.15, 0.2) is 30.3 Å². The van der Waals surface area contributed by atoms with Crippen LogP contribution >= 0.6 is 0 Å². The molecule has 0 saturated carbocycles. The summed E-state index contributed by atoms with van der Waals surface area (Å²) in [7, 11) is 0. The first kappa shape index (κ1) is 14.7. The molecule has 0 heterocycles. The molecule has 0 radical (unpaired) electrons. The van der Waals surface area contributed by atoms with Crippen LogP contribution in [0.25, 0.3) is 11.1 Å². The molecule has 0 saturated heterocycles. The van der Waals surface area contributed by atoms with Crippen molar-refractivity contribution in [1.82, 2.24) is 0 Å². The number of ether oxygens (including phenoxy) is 2. The number of hydrogen-bond acceptors (Lipinski definition) is 5. The van der Waals surface area contributed by atoms with Crippen LogP contribution in [0.3, 0.4) is 0 Å². The molecule has 0 fully saturated rings. The fourth-order valence-corrected chi connectivity index (χ4v) is 2.77. The monoisotopic (exact) mass is 300 g/mol. The van der Waals surface area contributed by atoms with Crippen molar-refractivity contribution in [3.05, 3.63) is 41.5 Å². The number of phenols is 1. The quantitative estimate of drug-likeness (QED) is 0.644. The molecule has 0 atom stereocenters. The molecule has 1 aliphatic carbocycles. The largest absolute Gasteiger partial charge is 0.504 e. The summed E-state index contributed by atoms with van der Waals surface area (Å²) in [6, 6.07) is 9.72. The minimum Gasteiger partial charge on any atom is -0.504 e. The number of aromatic hydroxyl groups is 1. The molecule has 2 aromatic rings. The van der Waals surface area contributed by atoms with Crippen LogP contribution in [0.4, 0.5) is 0 Å². The molecule has 5 heteroatoms. The summed E-state index contributed by atoms with van der Waals surface area (Å²) in [5.74, 6) is 1.49. The third kappa shape index (κ3) is 2.61. The highest BCUT2D eigenvalue weighted by Crippen LogP contribution is 2.45. The topological polar surface area (TPSA) is 90.7 Å². The van der Waals surface area contributed by atoms with Crippen molar-refractivity contribution in [2.24, 2.45) is 11.5 Å². The number of fused-ring (bicyclic) bond motifs is 3. The standard InChI is InChI=1S/C17H20N2O3/c18-5-7-21-12-1-2-13-11(9-12)10-15-14(13)3-4-16(17(15)20)22-8-6-19/h1-4,9,20H,5-8,10,18-19H2. The van der Waals surface area contributed by atoms with Gasteiger partial charge in [0.25, 0.3) is 0 Å². The van der Waals surface area contributed by atoms with E-state index in [1.54, 1.807) is 6.07 Å². The normalized spacial score (nSPS) is 11.9. The van der Waals surface area contributed by atoms with E-state index >= 15 is 0 Å². The molecule has 5 N–H and O–H groups in total. The highest BCUT2D eigenvalue weighted by molar-refractivity contribution is 5.81. The minimum atomic E-state index is 0.201. The average molecular weight is 300 g/mol. The lowest BCUT2D eigenvalue weighted by Crippen LogP contribution is -2.10. The van der Waals surface area contributed by atoms with Crippen LogP contribution < -0.4 is 20.9 Å². The number of phenolic OH excluding ortho intramolecular Hbond substituents is 1. The lowest BCUT2D eigenvalue weighted by Gasteiger charge is -2.10. The number of hydrogen-bond donors (Lipinski definition) is 3. The molecule has 3 rings (SSSR count). The van der Waals surface area contributed by atoms with Crippen molar-refractivity contribution in [2.45, 2.75) is 6.42 Å². The zero-order valence-corrected chi connectivity index (χ0v) is 12.3. The van der Waals surface area contributed by atoms with Gasteiger partial charge in [0.15, 0.2) is 11.5 Å².